The number of nitrogens with zero attached hydrogens (tertiary/aromatic N) is 4. The van der Waals surface area contributed by atoms with E-state index in [9.17, 15) is 0 Å². The zero-order valence-corrected chi connectivity index (χ0v) is 13.3. The standard InChI is InChI=1S/C15H23N5O/c1-10(2)9-16-12(4)15-17-18-19-20(15)13-6-7-14(21-5)11(3)8-13/h6-8,10,12,16H,9H2,1-5H3. The Morgan fingerprint density at radius 2 is 2.05 bits per heavy atom. The van der Waals surface area contributed by atoms with E-state index in [0.29, 0.717) is 5.92 Å². The SMILES string of the molecule is COc1ccc(-n2nnnc2C(C)NCC(C)C)cc1C. The van der Waals surface area contributed by atoms with E-state index in [1.807, 2.05) is 25.1 Å². The van der Waals surface area contributed by atoms with Crippen LogP contribution in [0.25, 0.3) is 5.69 Å². The molecule has 1 N–H and O–H groups in total. The van der Waals surface area contributed by atoms with Crippen LogP contribution in [-0.2, 0) is 0 Å². The molecular formula is C15H23N5O. The fourth-order valence-electron chi connectivity index (χ4n) is 2.15. The molecule has 1 heterocycles. The Bertz CT molecular complexity index is 593. The van der Waals surface area contributed by atoms with Gasteiger partial charge in [0.2, 0.25) is 0 Å². The summed E-state index contributed by atoms with van der Waals surface area (Å²) < 4.78 is 7.05. The summed E-state index contributed by atoms with van der Waals surface area (Å²) in [4.78, 5) is 0. The number of ether oxygens (including phenoxy) is 1. The number of hydrogen-bond donors (Lipinski definition) is 1. The molecule has 0 bridgehead atoms. The van der Waals surface area contributed by atoms with E-state index in [-0.39, 0.29) is 6.04 Å². The highest BCUT2D eigenvalue weighted by atomic mass is 16.5. The van der Waals surface area contributed by atoms with E-state index >= 15 is 0 Å². The second-order valence-corrected chi connectivity index (χ2v) is 5.63. The molecule has 6 heteroatoms. The largest absolute Gasteiger partial charge is 0.496 e. The number of rotatable bonds is 6. The average Bonchev–Trinajstić information content (AvgIpc) is 2.94. The number of tetrazole rings is 1. The van der Waals surface area contributed by atoms with Crippen LogP contribution in [-0.4, -0.2) is 33.9 Å². The maximum absolute atomic E-state index is 5.29. The minimum Gasteiger partial charge on any atom is -0.496 e. The van der Waals surface area contributed by atoms with Crippen LogP contribution >= 0.6 is 0 Å². The van der Waals surface area contributed by atoms with Crippen LogP contribution < -0.4 is 10.1 Å². The molecule has 2 aromatic rings. The lowest BCUT2D eigenvalue weighted by molar-refractivity contribution is 0.411. The fraction of sp³-hybridized carbons (Fsp3) is 0.533. The van der Waals surface area contributed by atoms with Crippen LogP contribution in [0.3, 0.4) is 0 Å². The van der Waals surface area contributed by atoms with Gasteiger partial charge in [0.05, 0.1) is 18.8 Å². The van der Waals surface area contributed by atoms with Crippen molar-refractivity contribution < 1.29 is 4.74 Å². The Morgan fingerprint density at radius 3 is 2.67 bits per heavy atom. The first-order valence-corrected chi connectivity index (χ1v) is 7.19. The van der Waals surface area contributed by atoms with Crippen molar-refractivity contribution in [1.29, 1.82) is 0 Å². The normalized spacial score (nSPS) is 12.7. The quantitative estimate of drug-likeness (QED) is 0.884. The Kier molecular flexibility index (Phi) is 4.90. The molecule has 0 fully saturated rings. The average molecular weight is 289 g/mol. The van der Waals surface area contributed by atoms with Crippen molar-refractivity contribution in [3.8, 4) is 11.4 Å². The molecule has 1 atom stereocenters. The van der Waals surface area contributed by atoms with E-state index in [1.165, 1.54) is 0 Å². The van der Waals surface area contributed by atoms with E-state index in [1.54, 1.807) is 11.8 Å². The summed E-state index contributed by atoms with van der Waals surface area (Å²) in [5, 5.41) is 15.5. The highest BCUT2D eigenvalue weighted by Gasteiger charge is 2.16. The van der Waals surface area contributed by atoms with E-state index < -0.39 is 0 Å². The van der Waals surface area contributed by atoms with Gasteiger partial charge in [-0.15, -0.1) is 5.10 Å². The Morgan fingerprint density at radius 1 is 1.29 bits per heavy atom. The van der Waals surface area contributed by atoms with Gasteiger partial charge >= 0.3 is 0 Å². The summed E-state index contributed by atoms with van der Waals surface area (Å²) >= 11 is 0. The van der Waals surface area contributed by atoms with Crippen LogP contribution in [0.2, 0.25) is 0 Å². The third-order valence-corrected chi connectivity index (χ3v) is 3.34. The molecule has 0 aliphatic heterocycles. The molecule has 1 unspecified atom stereocenters. The predicted octanol–water partition coefficient (Wildman–Crippen LogP) is 2.29. The molecule has 1 aromatic heterocycles. The molecular weight excluding hydrogens is 266 g/mol. The number of methoxy groups -OCH3 is 1. The van der Waals surface area contributed by atoms with Gasteiger partial charge in [-0.25, -0.2) is 0 Å². The number of hydrogen-bond acceptors (Lipinski definition) is 5. The Labute approximate surface area is 125 Å². The van der Waals surface area contributed by atoms with Crippen molar-refractivity contribution in [3.05, 3.63) is 29.6 Å². The zero-order valence-electron chi connectivity index (χ0n) is 13.3. The molecule has 0 saturated carbocycles. The third kappa shape index (κ3) is 3.58. The van der Waals surface area contributed by atoms with Gasteiger partial charge < -0.3 is 10.1 Å². The maximum Gasteiger partial charge on any atom is 0.173 e. The molecule has 1 aromatic carbocycles. The van der Waals surface area contributed by atoms with Crippen LogP contribution in [0.5, 0.6) is 5.75 Å². The van der Waals surface area contributed by atoms with Gasteiger partial charge in [-0.1, -0.05) is 13.8 Å². The molecule has 114 valence electrons. The maximum atomic E-state index is 5.29. The Balaban J connectivity index is 2.25. The Hall–Kier alpha value is -1.95. The fourth-order valence-corrected chi connectivity index (χ4v) is 2.15. The first-order chi connectivity index (χ1) is 10.0. The first kappa shape index (κ1) is 15.4. The topological polar surface area (TPSA) is 64.9 Å². The highest BCUT2D eigenvalue weighted by molar-refractivity contribution is 5.43. The zero-order chi connectivity index (χ0) is 15.4. The third-order valence-electron chi connectivity index (χ3n) is 3.34. The number of aryl methyl sites for hydroxylation is 1. The van der Waals surface area contributed by atoms with Gasteiger partial charge in [0.25, 0.3) is 0 Å². The monoisotopic (exact) mass is 289 g/mol. The molecule has 6 nitrogen and oxygen atoms in total. The molecule has 2 rings (SSSR count). The minimum atomic E-state index is 0.0878. The molecule has 0 saturated heterocycles. The summed E-state index contributed by atoms with van der Waals surface area (Å²) in [5.74, 6) is 2.25. The van der Waals surface area contributed by atoms with Gasteiger partial charge in [0.1, 0.15) is 5.75 Å². The number of nitrogens with one attached hydrogen (secondary N) is 1. The summed E-state index contributed by atoms with van der Waals surface area (Å²) in [6.07, 6.45) is 0. The minimum absolute atomic E-state index is 0.0878. The van der Waals surface area contributed by atoms with E-state index in [4.69, 9.17) is 4.74 Å². The van der Waals surface area contributed by atoms with Crippen LogP contribution in [0.4, 0.5) is 0 Å². The van der Waals surface area contributed by atoms with Crippen molar-refractivity contribution in [2.45, 2.75) is 33.7 Å². The lowest BCUT2D eigenvalue weighted by Gasteiger charge is -2.15. The van der Waals surface area contributed by atoms with Crippen molar-refractivity contribution >= 4 is 0 Å². The van der Waals surface area contributed by atoms with E-state index in [2.05, 4.69) is 41.6 Å². The smallest absolute Gasteiger partial charge is 0.173 e. The summed E-state index contributed by atoms with van der Waals surface area (Å²) in [6.45, 7) is 9.36. The highest BCUT2D eigenvalue weighted by Crippen LogP contribution is 2.22. The molecule has 0 aliphatic rings. The summed E-state index contributed by atoms with van der Waals surface area (Å²) in [7, 11) is 1.67. The van der Waals surface area contributed by atoms with E-state index in [0.717, 1.165) is 29.4 Å². The molecule has 0 spiro atoms. The number of benzene rings is 1. The van der Waals surface area contributed by atoms with Crippen LogP contribution in [0, 0.1) is 12.8 Å². The summed E-state index contributed by atoms with van der Waals surface area (Å²) in [6, 6.07) is 6.00. The lowest BCUT2D eigenvalue weighted by Crippen LogP contribution is -2.25. The van der Waals surface area contributed by atoms with Crippen molar-refractivity contribution in [2.75, 3.05) is 13.7 Å². The lowest BCUT2D eigenvalue weighted by atomic mass is 10.2. The second-order valence-electron chi connectivity index (χ2n) is 5.63. The van der Waals surface area contributed by atoms with Crippen LogP contribution in [0.15, 0.2) is 18.2 Å². The summed E-state index contributed by atoms with van der Waals surface area (Å²) in [5.41, 5.74) is 1.99. The molecule has 0 radical (unpaired) electrons. The van der Waals surface area contributed by atoms with Gasteiger partial charge in [0, 0.05) is 0 Å². The van der Waals surface area contributed by atoms with Gasteiger partial charge in [0.15, 0.2) is 5.82 Å². The number of aromatic nitrogens is 4. The molecule has 0 amide bonds. The predicted molar refractivity (Wildman–Crippen MR) is 81.7 cm³/mol. The molecule has 21 heavy (non-hydrogen) atoms. The van der Waals surface area contributed by atoms with Crippen molar-refractivity contribution in [3.63, 3.8) is 0 Å². The second kappa shape index (κ2) is 6.67. The van der Waals surface area contributed by atoms with Crippen molar-refractivity contribution in [2.24, 2.45) is 5.92 Å². The van der Waals surface area contributed by atoms with Crippen molar-refractivity contribution in [1.82, 2.24) is 25.5 Å². The van der Waals surface area contributed by atoms with Gasteiger partial charge in [-0.3, -0.25) is 0 Å². The van der Waals surface area contributed by atoms with Crippen LogP contribution in [0.1, 0.15) is 38.2 Å². The molecule has 0 aliphatic carbocycles. The van der Waals surface area contributed by atoms with Gasteiger partial charge in [-0.05, 0) is 60.5 Å². The first-order valence-electron chi connectivity index (χ1n) is 7.19. The van der Waals surface area contributed by atoms with Gasteiger partial charge in [-0.2, -0.15) is 4.68 Å².